The van der Waals surface area contributed by atoms with Crippen LogP contribution in [0.2, 0.25) is 0 Å². The molecule has 1 aromatic heterocycles. The van der Waals surface area contributed by atoms with Gasteiger partial charge in [-0.2, -0.15) is 6.42 Å². The van der Waals surface area contributed by atoms with E-state index in [1.54, 1.807) is 13.2 Å². The van der Waals surface area contributed by atoms with E-state index in [0.717, 1.165) is 45.5 Å². The number of anilines is 1. The molecule has 1 radical (unpaired) electrons. The van der Waals surface area contributed by atoms with Crippen molar-refractivity contribution < 1.29 is 34.1 Å². The molecule has 0 atom stereocenters. The molecule has 1 N–H and O–H groups in total. The van der Waals surface area contributed by atoms with Gasteiger partial charge in [0.15, 0.2) is 5.75 Å². The Morgan fingerprint density at radius 1 is 1.11 bits per heavy atom. The van der Waals surface area contributed by atoms with E-state index in [-0.39, 0.29) is 25.0 Å². The quantitative estimate of drug-likeness (QED) is 0.167. The SMILES string of the molecule is COc1c(N2C[CH-]CC2)c(I)cc2c(=O)c(C(=O)O)cn(Cc3cccc(-c4ccccc4)c3)c12.[Rh]. The fraction of sp³-hybridized carbons (Fsp3) is 0.179. The van der Waals surface area contributed by atoms with Crippen molar-refractivity contribution in [2.24, 2.45) is 0 Å². The van der Waals surface area contributed by atoms with Crippen molar-refractivity contribution in [2.75, 3.05) is 25.1 Å². The molecule has 2 heterocycles. The first-order valence-electron chi connectivity index (χ1n) is 11.4. The average Bonchev–Trinajstić information content (AvgIpc) is 3.40. The van der Waals surface area contributed by atoms with Crippen LogP contribution in [0.1, 0.15) is 22.3 Å². The van der Waals surface area contributed by atoms with Crippen molar-refractivity contribution in [3.8, 4) is 16.9 Å². The Morgan fingerprint density at radius 3 is 2.53 bits per heavy atom. The predicted octanol–water partition coefficient (Wildman–Crippen LogP) is 5.44. The van der Waals surface area contributed by atoms with Gasteiger partial charge in [-0.15, -0.1) is 6.54 Å². The van der Waals surface area contributed by atoms with Gasteiger partial charge in [-0.3, -0.25) is 4.79 Å². The van der Waals surface area contributed by atoms with Gasteiger partial charge in [-0.1, -0.05) is 48.5 Å². The number of halogens is 1. The Labute approximate surface area is 235 Å². The topological polar surface area (TPSA) is 71.8 Å². The molecule has 36 heavy (non-hydrogen) atoms. The molecule has 4 aromatic rings. The van der Waals surface area contributed by atoms with E-state index in [9.17, 15) is 14.7 Å². The Kier molecular flexibility index (Phi) is 8.15. The Bertz CT molecular complexity index is 1480. The number of hydrogen-bond acceptors (Lipinski definition) is 4. The summed E-state index contributed by atoms with van der Waals surface area (Å²) in [7, 11) is 1.60. The van der Waals surface area contributed by atoms with Crippen LogP contribution in [0.15, 0.2) is 71.7 Å². The fourth-order valence-corrected chi connectivity index (χ4v) is 5.62. The Hall–Kier alpha value is -2.71. The number of hydrogen-bond donors (Lipinski definition) is 1. The van der Waals surface area contributed by atoms with E-state index in [1.807, 2.05) is 34.9 Å². The van der Waals surface area contributed by atoms with Crippen molar-refractivity contribution in [3.05, 3.63) is 98.2 Å². The number of nitrogens with zero attached hydrogens (tertiary/aromatic N) is 2. The van der Waals surface area contributed by atoms with Crippen molar-refractivity contribution in [1.29, 1.82) is 0 Å². The largest absolute Gasteiger partial charge is 0.492 e. The number of carboxylic acids is 1. The number of carbonyl (C=O) groups is 1. The summed E-state index contributed by atoms with van der Waals surface area (Å²) >= 11 is 2.21. The third-order valence-electron chi connectivity index (χ3n) is 6.33. The summed E-state index contributed by atoms with van der Waals surface area (Å²) in [5.74, 6) is -0.647. The summed E-state index contributed by atoms with van der Waals surface area (Å²) in [4.78, 5) is 27.4. The third-order valence-corrected chi connectivity index (χ3v) is 7.16. The number of methoxy groups -OCH3 is 1. The van der Waals surface area contributed by atoms with Crippen molar-refractivity contribution in [3.63, 3.8) is 0 Å². The van der Waals surface area contributed by atoms with Gasteiger partial charge >= 0.3 is 5.97 Å². The standard InChI is InChI=1S/C28H24IN2O4.Rh/c1-35-27-24-21(15-23(29)25(27)30-12-5-6-13-30)26(32)22(28(33)34)17-31(24)16-18-8-7-11-20(14-18)19-9-3-2-4-10-19;/h2-5,7-11,14-15,17H,6,12-13,16H2,1H3,(H,33,34);/q-1;. The fourth-order valence-electron chi connectivity index (χ4n) is 4.72. The molecule has 0 spiro atoms. The maximum Gasteiger partial charge on any atom is 0.341 e. The monoisotopic (exact) mass is 682 g/mol. The van der Waals surface area contributed by atoms with Crippen LogP contribution in [-0.2, 0) is 26.0 Å². The number of benzene rings is 3. The Balaban J connectivity index is 0.00000304. The molecule has 5 rings (SSSR count). The van der Waals surface area contributed by atoms with Gasteiger partial charge in [-0.05, 0) is 58.0 Å². The average molecular weight is 682 g/mol. The predicted molar refractivity (Wildman–Crippen MR) is 147 cm³/mol. The molecule has 8 heteroatoms. The van der Waals surface area contributed by atoms with Crippen molar-refractivity contribution in [1.82, 2.24) is 4.57 Å². The summed E-state index contributed by atoms with van der Waals surface area (Å²) in [6.07, 6.45) is 4.64. The minimum atomic E-state index is -1.24. The second kappa shape index (κ2) is 11.1. The number of carboxylic acid groups (broad SMARTS) is 1. The van der Waals surface area contributed by atoms with E-state index in [1.165, 1.54) is 6.20 Å². The van der Waals surface area contributed by atoms with Crippen LogP contribution >= 0.6 is 22.6 Å². The van der Waals surface area contributed by atoms with Crippen molar-refractivity contribution >= 4 is 45.2 Å². The molecule has 3 aromatic carbocycles. The van der Waals surface area contributed by atoms with E-state index >= 15 is 0 Å². The number of ether oxygens (including phenoxy) is 1. The molecular formula is C28H24IN2O4Rh-. The van der Waals surface area contributed by atoms with Crippen LogP contribution in [0, 0.1) is 9.99 Å². The molecule has 187 valence electrons. The first kappa shape index (κ1) is 26.4. The molecule has 0 unspecified atom stereocenters. The molecule has 1 saturated heterocycles. The van der Waals surface area contributed by atoms with Gasteiger partial charge in [0.05, 0.1) is 23.7 Å². The van der Waals surface area contributed by atoms with Gasteiger partial charge in [0.1, 0.15) is 5.56 Å². The van der Waals surface area contributed by atoms with Gasteiger partial charge in [0.2, 0.25) is 5.43 Å². The second-order valence-electron chi connectivity index (χ2n) is 8.53. The molecule has 1 aliphatic rings. The van der Waals surface area contributed by atoms with Gasteiger partial charge in [0.25, 0.3) is 0 Å². The zero-order valence-corrected chi connectivity index (χ0v) is 23.3. The van der Waals surface area contributed by atoms with Crippen molar-refractivity contribution in [2.45, 2.75) is 13.0 Å². The molecule has 0 saturated carbocycles. The normalized spacial score (nSPS) is 13.0. The van der Waals surface area contributed by atoms with E-state index in [2.05, 4.69) is 58.2 Å². The summed E-state index contributed by atoms with van der Waals surface area (Å²) in [5, 5.41) is 10.1. The smallest absolute Gasteiger partial charge is 0.341 e. The van der Waals surface area contributed by atoms with Crippen LogP contribution in [0.5, 0.6) is 5.75 Å². The van der Waals surface area contributed by atoms with E-state index in [0.29, 0.717) is 23.2 Å². The van der Waals surface area contributed by atoms with Crippen LogP contribution in [0.3, 0.4) is 0 Å². The van der Waals surface area contributed by atoms with Crippen LogP contribution in [0.4, 0.5) is 5.69 Å². The molecular weight excluding hydrogens is 658 g/mol. The first-order chi connectivity index (χ1) is 17.0. The van der Waals surface area contributed by atoms with Crippen LogP contribution < -0.4 is 15.1 Å². The van der Waals surface area contributed by atoms with Gasteiger partial charge < -0.3 is 25.7 Å². The summed E-state index contributed by atoms with van der Waals surface area (Å²) < 4.78 is 8.61. The number of aromatic nitrogens is 1. The second-order valence-corrected chi connectivity index (χ2v) is 9.69. The third kappa shape index (κ3) is 4.93. The minimum Gasteiger partial charge on any atom is -0.492 e. The first-order valence-corrected chi connectivity index (χ1v) is 12.4. The van der Waals surface area contributed by atoms with Crippen LogP contribution in [0.25, 0.3) is 22.0 Å². The zero-order valence-electron chi connectivity index (χ0n) is 19.5. The maximum absolute atomic E-state index is 13.2. The summed E-state index contributed by atoms with van der Waals surface area (Å²) in [6.45, 7) is 2.06. The number of fused-ring (bicyclic) bond motifs is 1. The van der Waals surface area contributed by atoms with E-state index < -0.39 is 11.4 Å². The molecule has 1 fully saturated rings. The molecule has 0 bridgehead atoms. The Morgan fingerprint density at radius 2 is 1.86 bits per heavy atom. The number of rotatable bonds is 6. The van der Waals surface area contributed by atoms with Gasteiger partial charge in [0, 0.05) is 35.8 Å². The van der Waals surface area contributed by atoms with E-state index in [4.69, 9.17) is 4.74 Å². The maximum atomic E-state index is 13.2. The minimum absolute atomic E-state index is 0. The number of pyridine rings is 1. The zero-order chi connectivity index (χ0) is 24.5. The number of aromatic carboxylic acids is 1. The summed E-state index contributed by atoms with van der Waals surface area (Å²) in [5.41, 5.74) is 3.95. The molecule has 1 aliphatic heterocycles. The van der Waals surface area contributed by atoms with Crippen LogP contribution in [-0.4, -0.2) is 35.8 Å². The summed E-state index contributed by atoms with van der Waals surface area (Å²) in [6, 6.07) is 20.0. The molecule has 0 amide bonds. The molecule has 0 aliphatic carbocycles. The molecule has 6 nitrogen and oxygen atoms in total. The van der Waals surface area contributed by atoms with Gasteiger partial charge in [-0.25, -0.2) is 4.79 Å².